The molecule has 0 aliphatic rings. The lowest BCUT2D eigenvalue weighted by molar-refractivity contribution is 0.389. The van der Waals surface area contributed by atoms with Crippen LogP contribution in [0.4, 0.5) is 4.39 Å². The number of ether oxygens (including phenoxy) is 1. The molecule has 0 radical (unpaired) electrons. The Balaban J connectivity index is 3.11. The van der Waals surface area contributed by atoms with Crippen LogP contribution >= 0.6 is 0 Å². The van der Waals surface area contributed by atoms with Gasteiger partial charge in [-0.3, -0.25) is 0 Å². The molecule has 0 bridgehead atoms. The van der Waals surface area contributed by atoms with Crippen LogP contribution in [0.3, 0.4) is 0 Å². The molecule has 14 heavy (non-hydrogen) atoms. The molecule has 0 spiro atoms. The van der Waals surface area contributed by atoms with Crippen LogP contribution in [0.1, 0.15) is 0 Å². The Bertz CT molecular complexity index is 431. The van der Waals surface area contributed by atoms with E-state index in [4.69, 9.17) is 4.74 Å². The molecule has 0 atom stereocenters. The Morgan fingerprint density at radius 2 is 2.00 bits per heavy atom. The molecule has 1 aromatic carbocycles. The van der Waals surface area contributed by atoms with Crippen LogP contribution in [0.25, 0.3) is 0 Å². The second-order valence-corrected chi connectivity index (χ2v) is 3.52. The Hall–Kier alpha value is -1.34. The van der Waals surface area contributed by atoms with Crippen molar-refractivity contribution in [2.24, 2.45) is 5.14 Å². The number of hydrogen-bond donors (Lipinski definition) is 1. The van der Waals surface area contributed by atoms with Crippen LogP contribution in [0.5, 0.6) is 11.5 Å². The molecule has 1 aromatic rings. The lowest BCUT2D eigenvalue weighted by Gasteiger charge is -2.07. The van der Waals surface area contributed by atoms with E-state index in [1.54, 1.807) is 0 Å². The summed E-state index contributed by atoms with van der Waals surface area (Å²) in [6, 6.07) is 3.20. The van der Waals surface area contributed by atoms with Gasteiger partial charge in [-0.1, -0.05) is 0 Å². The highest BCUT2D eigenvalue weighted by Crippen LogP contribution is 2.27. The molecule has 78 valence electrons. The number of rotatable bonds is 3. The van der Waals surface area contributed by atoms with E-state index in [1.165, 1.54) is 13.2 Å². The van der Waals surface area contributed by atoms with Gasteiger partial charge in [0, 0.05) is 6.07 Å². The summed E-state index contributed by atoms with van der Waals surface area (Å²) in [6.07, 6.45) is 0. The zero-order valence-electron chi connectivity index (χ0n) is 7.23. The van der Waals surface area contributed by atoms with Gasteiger partial charge in [0.2, 0.25) is 0 Å². The van der Waals surface area contributed by atoms with Gasteiger partial charge < -0.3 is 8.92 Å². The largest absolute Gasteiger partial charge is 0.493 e. The molecule has 5 nitrogen and oxygen atoms in total. The predicted molar refractivity (Wildman–Crippen MR) is 46.7 cm³/mol. The van der Waals surface area contributed by atoms with Gasteiger partial charge in [-0.15, -0.1) is 0 Å². The Labute approximate surface area is 80.5 Å². The third-order valence-electron chi connectivity index (χ3n) is 1.33. The number of methoxy groups -OCH3 is 1. The van der Waals surface area contributed by atoms with Gasteiger partial charge in [-0.05, 0) is 12.1 Å². The number of benzene rings is 1. The maximum absolute atomic E-state index is 12.7. The van der Waals surface area contributed by atoms with Gasteiger partial charge in [0.25, 0.3) is 0 Å². The standard InChI is InChI=1S/C7H8FNO4S/c1-12-6-3-2-5(8)4-7(6)13-14(9,10)11/h2-4H,1H3,(H2,9,10,11). The molecule has 0 saturated carbocycles. The molecule has 7 heteroatoms. The summed E-state index contributed by atoms with van der Waals surface area (Å²) in [4.78, 5) is 0. The van der Waals surface area contributed by atoms with Gasteiger partial charge in [-0.25, -0.2) is 4.39 Å². The van der Waals surface area contributed by atoms with Crippen LogP contribution in [-0.2, 0) is 10.3 Å². The molecule has 0 amide bonds. The fourth-order valence-corrected chi connectivity index (χ4v) is 1.22. The lowest BCUT2D eigenvalue weighted by atomic mass is 10.3. The van der Waals surface area contributed by atoms with Crippen molar-refractivity contribution in [3.8, 4) is 11.5 Å². The Morgan fingerprint density at radius 1 is 1.36 bits per heavy atom. The van der Waals surface area contributed by atoms with Gasteiger partial charge in [0.15, 0.2) is 11.5 Å². The zero-order valence-corrected chi connectivity index (χ0v) is 8.05. The number of nitrogens with two attached hydrogens (primary N) is 1. The molecule has 0 unspecified atom stereocenters. The Kier molecular flexibility index (Phi) is 2.92. The first-order chi connectivity index (χ1) is 6.42. The topological polar surface area (TPSA) is 78.6 Å². The van der Waals surface area contributed by atoms with Crippen molar-refractivity contribution in [1.82, 2.24) is 0 Å². The summed E-state index contributed by atoms with van der Waals surface area (Å²) < 4.78 is 42.8. The van der Waals surface area contributed by atoms with E-state index in [0.29, 0.717) is 0 Å². The highest BCUT2D eigenvalue weighted by atomic mass is 32.2. The highest BCUT2D eigenvalue weighted by Gasteiger charge is 2.11. The third kappa shape index (κ3) is 2.86. The van der Waals surface area contributed by atoms with E-state index < -0.39 is 16.1 Å². The molecule has 1 rings (SSSR count). The van der Waals surface area contributed by atoms with Crippen molar-refractivity contribution in [2.75, 3.05) is 7.11 Å². The van der Waals surface area contributed by atoms with Gasteiger partial charge in [0.05, 0.1) is 7.11 Å². The monoisotopic (exact) mass is 221 g/mol. The second-order valence-electron chi connectivity index (χ2n) is 2.37. The molecule has 0 aliphatic carbocycles. The van der Waals surface area contributed by atoms with Gasteiger partial charge >= 0.3 is 10.3 Å². The maximum Gasteiger partial charge on any atom is 0.380 e. The summed E-state index contributed by atoms with van der Waals surface area (Å²) >= 11 is 0. The van der Waals surface area contributed by atoms with Crippen LogP contribution in [0.2, 0.25) is 0 Å². The second kappa shape index (κ2) is 3.81. The van der Waals surface area contributed by atoms with E-state index in [2.05, 4.69) is 9.32 Å². The lowest BCUT2D eigenvalue weighted by Crippen LogP contribution is -2.19. The fourth-order valence-electron chi connectivity index (χ4n) is 0.841. The van der Waals surface area contributed by atoms with Crippen molar-refractivity contribution in [1.29, 1.82) is 0 Å². The third-order valence-corrected chi connectivity index (χ3v) is 1.74. The Morgan fingerprint density at radius 3 is 2.50 bits per heavy atom. The van der Waals surface area contributed by atoms with Crippen molar-refractivity contribution in [3.63, 3.8) is 0 Å². The highest BCUT2D eigenvalue weighted by molar-refractivity contribution is 7.84. The first kappa shape index (κ1) is 10.7. The first-order valence-corrected chi connectivity index (χ1v) is 4.95. The summed E-state index contributed by atoms with van der Waals surface area (Å²) in [7, 11) is -2.88. The van der Waals surface area contributed by atoms with Crippen molar-refractivity contribution in [2.45, 2.75) is 0 Å². The van der Waals surface area contributed by atoms with Crippen molar-refractivity contribution >= 4 is 10.3 Å². The minimum atomic E-state index is -4.17. The summed E-state index contributed by atoms with van der Waals surface area (Å²) in [5.74, 6) is -0.847. The van der Waals surface area contributed by atoms with E-state index >= 15 is 0 Å². The smallest absolute Gasteiger partial charge is 0.380 e. The van der Waals surface area contributed by atoms with E-state index in [0.717, 1.165) is 12.1 Å². The predicted octanol–water partition coefficient (Wildman–Crippen LogP) is 0.417. The maximum atomic E-state index is 12.7. The van der Waals surface area contributed by atoms with E-state index in [-0.39, 0.29) is 11.5 Å². The molecule has 0 aromatic heterocycles. The summed E-state index contributed by atoms with van der Waals surface area (Å²) in [5, 5.41) is 4.61. The normalized spacial score (nSPS) is 11.1. The summed E-state index contributed by atoms with van der Waals surface area (Å²) in [6.45, 7) is 0. The average molecular weight is 221 g/mol. The van der Waals surface area contributed by atoms with Gasteiger partial charge in [0.1, 0.15) is 5.82 Å². The molecule has 0 heterocycles. The molecule has 0 fully saturated rings. The first-order valence-electron chi connectivity index (χ1n) is 3.48. The molecule has 0 aliphatic heterocycles. The quantitative estimate of drug-likeness (QED) is 0.802. The minimum Gasteiger partial charge on any atom is -0.493 e. The van der Waals surface area contributed by atoms with Crippen LogP contribution in [0, 0.1) is 5.82 Å². The van der Waals surface area contributed by atoms with E-state index in [1.807, 2.05) is 0 Å². The van der Waals surface area contributed by atoms with E-state index in [9.17, 15) is 12.8 Å². The van der Waals surface area contributed by atoms with Gasteiger partial charge in [-0.2, -0.15) is 13.6 Å². The minimum absolute atomic E-state index is 0.0837. The molecular weight excluding hydrogens is 213 g/mol. The number of hydrogen-bond acceptors (Lipinski definition) is 4. The fraction of sp³-hybridized carbons (Fsp3) is 0.143. The van der Waals surface area contributed by atoms with Crippen LogP contribution in [-0.4, -0.2) is 15.5 Å². The summed E-state index contributed by atoms with van der Waals surface area (Å²) in [5.41, 5.74) is 0. The van der Waals surface area contributed by atoms with Crippen molar-refractivity contribution in [3.05, 3.63) is 24.0 Å². The van der Waals surface area contributed by atoms with Crippen LogP contribution in [0.15, 0.2) is 18.2 Å². The molecule has 2 N–H and O–H groups in total. The molecular formula is C7H8FNO4S. The SMILES string of the molecule is COc1ccc(F)cc1OS(N)(=O)=O. The van der Waals surface area contributed by atoms with Crippen LogP contribution < -0.4 is 14.1 Å². The number of halogens is 1. The average Bonchev–Trinajstić information content (AvgIpc) is 2.01. The zero-order chi connectivity index (χ0) is 10.8. The van der Waals surface area contributed by atoms with Crippen molar-refractivity contribution < 1.29 is 21.7 Å². The molecule has 0 saturated heterocycles.